The fraction of sp³-hybridized carbons (Fsp3) is 0.0500. The Morgan fingerprint density at radius 2 is 1.65 bits per heavy atom. The zero-order valence-electron chi connectivity index (χ0n) is 23.8. The molecule has 1 N–H and O–H groups in total. The van der Waals surface area contributed by atoms with Gasteiger partial charge in [-0.3, -0.25) is 0 Å². The van der Waals surface area contributed by atoms with Crippen LogP contribution in [0.2, 0.25) is 0 Å². The van der Waals surface area contributed by atoms with E-state index in [4.69, 9.17) is 4.42 Å². The van der Waals surface area contributed by atoms with E-state index in [9.17, 15) is 0 Å². The number of rotatable bonds is 4. The van der Waals surface area contributed by atoms with Crippen molar-refractivity contribution in [3.63, 3.8) is 0 Å². The van der Waals surface area contributed by atoms with Crippen molar-refractivity contribution in [3.8, 4) is 16.8 Å². The predicted octanol–water partition coefficient (Wildman–Crippen LogP) is 10.4. The maximum absolute atomic E-state index is 6.07. The van der Waals surface area contributed by atoms with Gasteiger partial charge in [0.15, 0.2) is 0 Å². The zero-order chi connectivity index (χ0) is 28.7. The third kappa shape index (κ3) is 3.36. The van der Waals surface area contributed by atoms with Crippen LogP contribution in [0.25, 0.3) is 83.7 Å². The van der Waals surface area contributed by atoms with E-state index in [1.54, 1.807) is 6.08 Å². The molecule has 7 aromatic rings. The van der Waals surface area contributed by atoms with Gasteiger partial charge in [0.25, 0.3) is 0 Å². The van der Waals surface area contributed by atoms with Crippen molar-refractivity contribution in [1.82, 2.24) is 9.88 Å². The molecule has 2 aromatic heterocycles. The fourth-order valence-corrected chi connectivity index (χ4v) is 7.23. The molecule has 0 amide bonds. The molecule has 43 heavy (non-hydrogen) atoms. The fourth-order valence-electron chi connectivity index (χ4n) is 7.23. The van der Waals surface area contributed by atoms with Crippen LogP contribution in [0, 0.1) is 0 Å². The second-order valence-corrected chi connectivity index (χ2v) is 11.4. The Labute approximate surface area is 249 Å². The Bertz CT molecular complexity index is 2420. The first-order chi connectivity index (χ1) is 21.2. The van der Waals surface area contributed by atoms with Crippen LogP contribution >= 0.6 is 0 Å². The van der Waals surface area contributed by atoms with Gasteiger partial charge in [0.1, 0.15) is 11.3 Å². The third-order valence-corrected chi connectivity index (χ3v) is 9.09. The number of nitrogens with one attached hydrogen (secondary N) is 1. The van der Waals surface area contributed by atoms with Gasteiger partial charge in [-0.2, -0.15) is 0 Å². The summed E-state index contributed by atoms with van der Waals surface area (Å²) in [5, 5.41) is 9.67. The van der Waals surface area contributed by atoms with Crippen molar-refractivity contribution in [3.05, 3.63) is 138 Å². The Morgan fingerprint density at radius 3 is 2.53 bits per heavy atom. The van der Waals surface area contributed by atoms with Crippen molar-refractivity contribution in [2.24, 2.45) is 0 Å². The van der Waals surface area contributed by atoms with Gasteiger partial charge in [0.2, 0.25) is 0 Å². The highest BCUT2D eigenvalue weighted by atomic mass is 16.3. The first-order valence-electron chi connectivity index (χ1n) is 14.8. The van der Waals surface area contributed by atoms with Crippen molar-refractivity contribution < 1.29 is 4.42 Å². The second kappa shape index (κ2) is 8.98. The highest BCUT2D eigenvalue weighted by Crippen LogP contribution is 2.45. The molecule has 0 atom stereocenters. The average molecular weight is 553 g/mol. The molecule has 9 rings (SSSR count). The van der Waals surface area contributed by atoms with Gasteiger partial charge in [0, 0.05) is 34.0 Å². The molecule has 3 heteroatoms. The molecule has 3 nitrogen and oxygen atoms in total. The Hall–Kier alpha value is -5.54. The van der Waals surface area contributed by atoms with Crippen molar-refractivity contribution >= 4 is 66.8 Å². The van der Waals surface area contributed by atoms with Crippen LogP contribution in [0.3, 0.4) is 0 Å². The van der Waals surface area contributed by atoms with Crippen LogP contribution in [-0.2, 0) is 0 Å². The number of nitrogens with zero attached hydrogens (tertiary/aromatic N) is 1. The van der Waals surface area contributed by atoms with Crippen molar-refractivity contribution in [2.75, 3.05) is 6.54 Å². The zero-order valence-corrected chi connectivity index (χ0v) is 23.8. The molecule has 2 aliphatic rings. The normalized spacial score (nSPS) is 14.1. The topological polar surface area (TPSA) is 30.1 Å². The number of dihydropyridines is 1. The Kier molecular flexibility index (Phi) is 5.03. The van der Waals surface area contributed by atoms with Crippen molar-refractivity contribution in [2.45, 2.75) is 6.92 Å². The highest BCUT2D eigenvalue weighted by molar-refractivity contribution is 6.18. The van der Waals surface area contributed by atoms with E-state index in [2.05, 4.69) is 126 Å². The van der Waals surface area contributed by atoms with Crippen LogP contribution in [0.4, 0.5) is 0 Å². The van der Waals surface area contributed by atoms with E-state index in [-0.39, 0.29) is 0 Å². The molecule has 0 spiro atoms. The highest BCUT2D eigenvalue weighted by Gasteiger charge is 2.25. The summed E-state index contributed by atoms with van der Waals surface area (Å²) >= 11 is 0. The maximum Gasteiger partial charge on any atom is 0.135 e. The summed E-state index contributed by atoms with van der Waals surface area (Å²) in [4.78, 5) is 0. The van der Waals surface area contributed by atoms with E-state index < -0.39 is 0 Å². The molecule has 1 aliphatic carbocycles. The number of fused-ring (bicyclic) bond motifs is 6. The molecule has 0 unspecified atom stereocenters. The van der Waals surface area contributed by atoms with Gasteiger partial charge in [-0.05, 0) is 112 Å². The number of furan rings is 1. The van der Waals surface area contributed by atoms with Crippen LogP contribution in [0.5, 0.6) is 0 Å². The maximum atomic E-state index is 6.07. The summed E-state index contributed by atoms with van der Waals surface area (Å²) in [6, 6.07) is 33.5. The monoisotopic (exact) mass is 552 g/mol. The quantitative estimate of drug-likeness (QED) is 0.235. The van der Waals surface area contributed by atoms with E-state index in [0.29, 0.717) is 0 Å². The lowest BCUT2D eigenvalue weighted by Gasteiger charge is -2.14. The molecular weight excluding hydrogens is 524 g/mol. The standard InChI is InChI=1S/C40H28N2O/c1-3-8-30-33-21-25(14-16-39(33)43-38(30)4-2)24-13-15-37-32(20-24)29-10-5-6-12-36(29)42(37)27-19-26-9-7-11-31-28-17-18-41-23-35(28)34(22-27)40(26)31/h3-22,41H,2,23H2,1H3/b8-3-. The van der Waals surface area contributed by atoms with Crippen LogP contribution in [0.15, 0.2) is 120 Å². The molecule has 0 saturated carbocycles. The predicted molar refractivity (Wildman–Crippen MR) is 182 cm³/mol. The van der Waals surface area contributed by atoms with Gasteiger partial charge in [0.05, 0.1) is 11.0 Å². The van der Waals surface area contributed by atoms with E-state index in [1.807, 2.05) is 13.0 Å². The Morgan fingerprint density at radius 1 is 0.814 bits per heavy atom. The molecule has 0 bridgehead atoms. The van der Waals surface area contributed by atoms with Gasteiger partial charge < -0.3 is 14.3 Å². The largest absolute Gasteiger partial charge is 0.456 e. The molecular formula is C40H28N2O. The molecule has 0 saturated heterocycles. The summed E-state index contributed by atoms with van der Waals surface area (Å²) in [6.45, 7) is 6.83. The number of benzene rings is 5. The average Bonchev–Trinajstić information content (AvgIpc) is 3.69. The summed E-state index contributed by atoms with van der Waals surface area (Å²) in [7, 11) is 0. The third-order valence-electron chi connectivity index (χ3n) is 9.09. The number of para-hydroxylation sites is 1. The SMILES string of the molecule is C=Cc1oc2ccc(-c3ccc4c(c3)c3ccccc3n4-c3cc4c5c(cccc5c3)C3=C4CNC=C3)cc2c1/C=C\C. The minimum Gasteiger partial charge on any atom is -0.456 e. The molecule has 1 aliphatic heterocycles. The Balaban J connectivity index is 1.27. The van der Waals surface area contributed by atoms with Gasteiger partial charge in [-0.15, -0.1) is 0 Å². The molecule has 0 radical (unpaired) electrons. The van der Waals surface area contributed by atoms with Crippen molar-refractivity contribution in [1.29, 1.82) is 0 Å². The number of aromatic nitrogens is 1. The number of allylic oxidation sites excluding steroid dienone is 3. The minimum atomic E-state index is 0.803. The molecule has 5 aromatic carbocycles. The summed E-state index contributed by atoms with van der Waals surface area (Å²) in [5.41, 5.74) is 13.3. The summed E-state index contributed by atoms with van der Waals surface area (Å²) < 4.78 is 8.51. The first-order valence-corrected chi connectivity index (χ1v) is 14.8. The van der Waals surface area contributed by atoms with E-state index >= 15 is 0 Å². The number of hydrogen-bond acceptors (Lipinski definition) is 2. The molecule has 3 heterocycles. The lowest BCUT2D eigenvalue weighted by Crippen LogP contribution is -2.12. The van der Waals surface area contributed by atoms with Gasteiger partial charge in [-0.1, -0.05) is 67.3 Å². The lowest BCUT2D eigenvalue weighted by atomic mass is 9.99. The lowest BCUT2D eigenvalue weighted by molar-refractivity contribution is 0.603. The summed E-state index contributed by atoms with van der Waals surface area (Å²) in [6.07, 6.45) is 10.2. The van der Waals surface area contributed by atoms with Crippen LogP contribution < -0.4 is 5.32 Å². The smallest absolute Gasteiger partial charge is 0.135 e. The first kappa shape index (κ1) is 24.1. The van der Waals surface area contributed by atoms with E-state index in [1.165, 1.54) is 66.1 Å². The summed E-state index contributed by atoms with van der Waals surface area (Å²) in [5.74, 6) is 0.803. The van der Waals surface area contributed by atoms with Crippen LogP contribution in [0.1, 0.15) is 29.4 Å². The van der Waals surface area contributed by atoms with Crippen LogP contribution in [-0.4, -0.2) is 11.1 Å². The molecule has 204 valence electrons. The second-order valence-electron chi connectivity index (χ2n) is 11.4. The number of hydrogen-bond donors (Lipinski definition) is 1. The van der Waals surface area contributed by atoms with Gasteiger partial charge in [-0.25, -0.2) is 0 Å². The van der Waals surface area contributed by atoms with Gasteiger partial charge >= 0.3 is 0 Å². The van der Waals surface area contributed by atoms with E-state index in [0.717, 1.165) is 34.4 Å². The minimum absolute atomic E-state index is 0.803. The molecule has 0 fully saturated rings.